The van der Waals surface area contributed by atoms with Crippen molar-refractivity contribution in [1.82, 2.24) is 5.32 Å². The number of rotatable bonds is 1. The molecule has 0 amide bonds. The molecule has 1 nitrogen and oxygen atoms in total. The van der Waals surface area contributed by atoms with Crippen molar-refractivity contribution in [2.75, 3.05) is 13.1 Å². The summed E-state index contributed by atoms with van der Waals surface area (Å²) < 4.78 is 13.1. The van der Waals surface area contributed by atoms with Gasteiger partial charge in [0.05, 0.1) is 0 Å². The van der Waals surface area contributed by atoms with Gasteiger partial charge in [-0.2, -0.15) is 0 Å². The molecule has 1 aromatic rings. The Kier molecular flexibility index (Phi) is 2.55. The lowest BCUT2D eigenvalue weighted by Gasteiger charge is -2.15. The zero-order valence-corrected chi connectivity index (χ0v) is 8.68. The van der Waals surface area contributed by atoms with Gasteiger partial charge in [0, 0.05) is 12.5 Å². The molecule has 76 valence electrons. The predicted molar refractivity (Wildman–Crippen MR) is 55.9 cm³/mol. The minimum Gasteiger partial charge on any atom is -0.316 e. The molecule has 1 fully saturated rings. The summed E-state index contributed by atoms with van der Waals surface area (Å²) in [7, 11) is 0. The van der Waals surface area contributed by atoms with Crippen molar-refractivity contribution >= 4 is 0 Å². The van der Waals surface area contributed by atoms with Crippen molar-refractivity contribution in [3.05, 3.63) is 35.1 Å². The van der Waals surface area contributed by atoms with Crippen molar-refractivity contribution in [3.8, 4) is 0 Å². The van der Waals surface area contributed by atoms with Gasteiger partial charge in [-0.25, -0.2) is 4.39 Å². The highest BCUT2D eigenvalue weighted by Gasteiger charge is 2.24. The molecule has 1 aromatic carbocycles. The number of benzene rings is 1. The summed E-state index contributed by atoms with van der Waals surface area (Å²) in [5.74, 6) is 1.10. The van der Waals surface area contributed by atoms with Crippen LogP contribution in [0.25, 0.3) is 0 Å². The third-order valence-electron chi connectivity index (χ3n) is 3.13. The van der Waals surface area contributed by atoms with Crippen LogP contribution in [0.1, 0.15) is 24.0 Å². The molecular formula is C12H16FN. The zero-order valence-electron chi connectivity index (χ0n) is 8.68. The molecule has 1 aliphatic rings. The van der Waals surface area contributed by atoms with Crippen molar-refractivity contribution in [1.29, 1.82) is 0 Å². The first-order valence-electron chi connectivity index (χ1n) is 5.15. The normalized spacial score (nSPS) is 26.8. The average Bonchev–Trinajstić information content (AvgIpc) is 2.57. The average molecular weight is 193 g/mol. The first-order chi connectivity index (χ1) is 6.68. The van der Waals surface area contributed by atoms with Crippen LogP contribution >= 0.6 is 0 Å². The maximum atomic E-state index is 13.1. The fourth-order valence-electron chi connectivity index (χ4n) is 2.15. The summed E-state index contributed by atoms with van der Waals surface area (Å²) in [5.41, 5.74) is 2.02. The molecule has 2 atom stereocenters. The highest BCUT2D eigenvalue weighted by Crippen LogP contribution is 2.28. The molecule has 0 aliphatic carbocycles. The predicted octanol–water partition coefficient (Wildman–Crippen LogP) is 2.46. The second kappa shape index (κ2) is 3.70. The first kappa shape index (κ1) is 9.66. The Morgan fingerprint density at radius 2 is 2.14 bits per heavy atom. The number of aryl methyl sites for hydroxylation is 1. The largest absolute Gasteiger partial charge is 0.316 e. The summed E-state index contributed by atoms with van der Waals surface area (Å²) in [5, 5.41) is 3.36. The summed E-state index contributed by atoms with van der Waals surface area (Å²) in [4.78, 5) is 0. The van der Waals surface area contributed by atoms with Crippen LogP contribution in [0.15, 0.2) is 18.2 Å². The van der Waals surface area contributed by atoms with Gasteiger partial charge in [0.25, 0.3) is 0 Å². The third kappa shape index (κ3) is 1.67. The van der Waals surface area contributed by atoms with E-state index in [1.54, 1.807) is 6.07 Å². The van der Waals surface area contributed by atoms with Crippen LogP contribution in [0.3, 0.4) is 0 Å². The molecule has 0 radical (unpaired) electrons. The van der Waals surface area contributed by atoms with Gasteiger partial charge in [0.2, 0.25) is 0 Å². The van der Waals surface area contributed by atoms with Crippen molar-refractivity contribution < 1.29 is 4.39 Å². The molecule has 2 heteroatoms. The Labute approximate surface area is 84.3 Å². The molecule has 0 aromatic heterocycles. The van der Waals surface area contributed by atoms with Gasteiger partial charge < -0.3 is 5.32 Å². The Balaban J connectivity index is 2.28. The minimum atomic E-state index is -0.104. The van der Waals surface area contributed by atoms with Crippen LogP contribution in [0.2, 0.25) is 0 Å². The number of halogens is 1. The highest BCUT2D eigenvalue weighted by molar-refractivity contribution is 5.28. The lowest BCUT2D eigenvalue weighted by molar-refractivity contribution is 0.567. The molecule has 2 rings (SSSR count). The van der Waals surface area contributed by atoms with E-state index >= 15 is 0 Å². The fourth-order valence-corrected chi connectivity index (χ4v) is 2.15. The topological polar surface area (TPSA) is 12.0 Å². The van der Waals surface area contributed by atoms with E-state index in [-0.39, 0.29) is 5.82 Å². The van der Waals surface area contributed by atoms with Crippen LogP contribution < -0.4 is 5.32 Å². The smallest absolute Gasteiger partial charge is 0.126 e. The van der Waals surface area contributed by atoms with E-state index in [9.17, 15) is 4.39 Å². The molecule has 1 saturated heterocycles. The monoisotopic (exact) mass is 193 g/mol. The van der Waals surface area contributed by atoms with Crippen LogP contribution in [0, 0.1) is 18.7 Å². The van der Waals surface area contributed by atoms with Gasteiger partial charge in [-0.1, -0.05) is 19.1 Å². The van der Waals surface area contributed by atoms with Gasteiger partial charge in [-0.3, -0.25) is 0 Å². The van der Waals surface area contributed by atoms with E-state index in [0.717, 1.165) is 18.7 Å². The molecular weight excluding hydrogens is 177 g/mol. The quantitative estimate of drug-likeness (QED) is 0.722. The second-order valence-electron chi connectivity index (χ2n) is 4.25. The molecule has 0 saturated carbocycles. The SMILES string of the molecule is Cc1cc(C2CNCC2C)ccc1F. The lowest BCUT2D eigenvalue weighted by Crippen LogP contribution is -2.08. The van der Waals surface area contributed by atoms with E-state index in [1.807, 2.05) is 19.1 Å². The summed E-state index contributed by atoms with van der Waals surface area (Å²) in [6, 6.07) is 5.47. The number of hydrogen-bond acceptors (Lipinski definition) is 1. The number of nitrogens with one attached hydrogen (secondary N) is 1. The summed E-state index contributed by atoms with van der Waals surface area (Å²) in [6.07, 6.45) is 0. The molecule has 0 spiro atoms. The summed E-state index contributed by atoms with van der Waals surface area (Å²) >= 11 is 0. The Hall–Kier alpha value is -0.890. The minimum absolute atomic E-state index is 0.104. The Morgan fingerprint density at radius 3 is 2.71 bits per heavy atom. The number of hydrogen-bond donors (Lipinski definition) is 1. The van der Waals surface area contributed by atoms with Crippen LogP contribution in [0.4, 0.5) is 4.39 Å². The maximum absolute atomic E-state index is 13.1. The molecule has 14 heavy (non-hydrogen) atoms. The molecule has 1 aliphatic heterocycles. The molecule has 1 heterocycles. The van der Waals surface area contributed by atoms with Crippen molar-refractivity contribution in [2.45, 2.75) is 19.8 Å². The standard InChI is InChI=1S/C12H16FN/c1-8-5-10(3-4-12(8)13)11-7-14-6-9(11)2/h3-5,9,11,14H,6-7H2,1-2H3. The third-order valence-corrected chi connectivity index (χ3v) is 3.13. The maximum Gasteiger partial charge on any atom is 0.126 e. The van der Waals surface area contributed by atoms with Gasteiger partial charge in [0.15, 0.2) is 0 Å². The summed E-state index contributed by atoms with van der Waals surface area (Å²) in [6.45, 7) is 6.16. The first-order valence-corrected chi connectivity index (χ1v) is 5.15. The molecule has 0 bridgehead atoms. The fraction of sp³-hybridized carbons (Fsp3) is 0.500. The highest BCUT2D eigenvalue weighted by atomic mass is 19.1. The van der Waals surface area contributed by atoms with Crippen LogP contribution in [0.5, 0.6) is 0 Å². The van der Waals surface area contributed by atoms with Gasteiger partial charge in [-0.05, 0) is 36.6 Å². The lowest BCUT2D eigenvalue weighted by atomic mass is 9.89. The Morgan fingerprint density at radius 1 is 1.36 bits per heavy atom. The van der Waals surface area contributed by atoms with Gasteiger partial charge >= 0.3 is 0 Å². The van der Waals surface area contributed by atoms with Crippen molar-refractivity contribution in [2.24, 2.45) is 5.92 Å². The van der Waals surface area contributed by atoms with Crippen LogP contribution in [-0.4, -0.2) is 13.1 Å². The van der Waals surface area contributed by atoms with E-state index in [2.05, 4.69) is 12.2 Å². The van der Waals surface area contributed by atoms with Gasteiger partial charge in [0.1, 0.15) is 5.82 Å². The van der Waals surface area contributed by atoms with E-state index in [0.29, 0.717) is 11.8 Å². The Bertz CT molecular complexity index is 335. The zero-order chi connectivity index (χ0) is 10.1. The van der Waals surface area contributed by atoms with Gasteiger partial charge in [-0.15, -0.1) is 0 Å². The van der Waals surface area contributed by atoms with E-state index < -0.39 is 0 Å². The van der Waals surface area contributed by atoms with E-state index in [1.165, 1.54) is 5.56 Å². The van der Waals surface area contributed by atoms with E-state index in [4.69, 9.17) is 0 Å². The molecule has 1 N–H and O–H groups in total. The molecule has 2 unspecified atom stereocenters. The van der Waals surface area contributed by atoms with Crippen LogP contribution in [-0.2, 0) is 0 Å². The second-order valence-corrected chi connectivity index (χ2v) is 4.25. The van der Waals surface area contributed by atoms with Crippen molar-refractivity contribution in [3.63, 3.8) is 0 Å².